The third-order valence-corrected chi connectivity index (χ3v) is 4.05. The molecule has 0 saturated carbocycles. The predicted molar refractivity (Wildman–Crippen MR) is 101 cm³/mol. The second kappa shape index (κ2) is 9.82. The van der Waals surface area contributed by atoms with Gasteiger partial charge in [-0.1, -0.05) is 42.8 Å². The quantitative estimate of drug-likeness (QED) is 0.565. The first-order valence-corrected chi connectivity index (χ1v) is 8.82. The van der Waals surface area contributed by atoms with Crippen LogP contribution in [0.5, 0.6) is 5.75 Å². The van der Waals surface area contributed by atoms with Crippen LogP contribution in [0.25, 0.3) is 0 Å². The van der Waals surface area contributed by atoms with Crippen LogP contribution in [0.4, 0.5) is 0 Å². The Morgan fingerprint density at radius 2 is 1.88 bits per heavy atom. The monoisotopic (exact) mass is 375 g/mol. The van der Waals surface area contributed by atoms with Crippen molar-refractivity contribution >= 4 is 23.5 Å². The molecule has 5 nitrogen and oxygen atoms in total. The van der Waals surface area contributed by atoms with Gasteiger partial charge in [0.25, 0.3) is 5.91 Å². The number of nitrogens with one attached hydrogen (secondary N) is 1. The third-order valence-electron chi connectivity index (χ3n) is 3.72. The lowest BCUT2D eigenvalue weighted by Gasteiger charge is -2.14. The molecule has 0 fully saturated rings. The molecule has 0 saturated heterocycles. The van der Waals surface area contributed by atoms with Crippen molar-refractivity contribution in [3.63, 3.8) is 0 Å². The zero-order valence-corrected chi connectivity index (χ0v) is 15.6. The highest BCUT2D eigenvalue weighted by atomic mass is 35.5. The molecule has 0 aliphatic heterocycles. The van der Waals surface area contributed by atoms with Gasteiger partial charge in [-0.25, -0.2) is 4.79 Å². The molecule has 1 unspecified atom stereocenters. The van der Waals surface area contributed by atoms with E-state index < -0.39 is 17.9 Å². The summed E-state index contributed by atoms with van der Waals surface area (Å²) in [5.41, 5.74) is 1.49. The van der Waals surface area contributed by atoms with Crippen LogP contribution in [-0.2, 0) is 16.0 Å². The molecule has 0 aromatic heterocycles. The number of benzene rings is 2. The fourth-order valence-corrected chi connectivity index (χ4v) is 2.48. The molecule has 2 rings (SSSR count). The Morgan fingerprint density at radius 3 is 2.62 bits per heavy atom. The summed E-state index contributed by atoms with van der Waals surface area (Å²) >= 11 is 5.97. The Bertz CT molecular complexity index is 763. The number of carbonyl (C=O) groups is 2. The van der Waals surface area contributed by atoms with E-state index in [0.29, 0.717) is 10.6 Å². The van der Waals surface area contributed by atoms with Gasteiger partial charge in [0, 0.05) is 0 Å². The Kier molecular flexibility index (Phi) is 7.48. The highest BCUT2D eigenvalue weighted by molar-refractivity contribution is 6.33. The molecule has 0 aliphatic rings. The van der Waals surface area contributed by atoms with Crippen molar-refractivity contribution in [2.75, 3.05) is 13.2 Å². The molecule has 138 valence electrons. The summed E-state index contributed by atoms with van der Waals surface area (Å²) < 4.78 is 10.7. The second-order valence-electron chi connectivity index (χ2n) is 5.69. The number of hydrogen-bond donors (Lipinski definition) is 1. The first kappa shape index (κ1) is 19.8. The minimum atomic E-state index is -0.790. The molecule has 2 aromatic carbocycles. The van der Waals surface area contributed by atoms with Crippen LogP contribution in [0.1, 0.15) is 29.8 Å². The Balaban J connectivity index is 1.75. The Labute approximate surface area is 158 Å². The topological polar surface area (TPSA) is 64.6 Å². The molecular formula is C20H22ClNO4. The third kappa shape index (κ3) is 5.77. The number of rotatable bonds is 8. The number of aryl methyl sites for hydroxylation is 1. The van der Waals surface area contributed by atoms with Gasteiger partial charge in [-0.15, -0.1) is 0 Å². The second-order valence-corrected chi connectivity index (χ2v) is 6.10. The summed E-state index contributed by atoms with van der Waals surface area (Å²) in [4.78, 5) is 24.1. The fraction of sp³-hybridized carbons (Fsp3) is 0.300. The summed E-state index contributed by atoms with van der Waals surface area (Å²) in [5, 5.41) is 2.90. The summed E-state index contributed by atoms with van der Waals surface area (Å²) in [7, 11) is 0. The minimum Gasteiger partial charge on any atom is -0.490 e. The first-order valence-electron chi connectivity index (χ1n) is 8.45. The van der Waals surface area contributed by atoms with Crippen LogP contribution in [0.15, 0.2) is 48.5 Å². The summed E-state index contributed by atoms with van der Waals surface area (Å²) in [6.45, 7) is 3.97. The van der Waals surface area contributed by atoms with Crippen LogP contribution in [0.3, 0.4) is 0 Å². The van der Waals surface area contributed by atoms with Gasteiger partial charge in [-0.2, -0.15) is 0 Å². The van der Waals surface area contributed by atoms with Crippen molar-refractivity contribution < 1.29 is 19.1 Å². The molecule has 0 aliphatic carbocycles. The van der Waals surface area contributed by atoms with E-state index in [1.165, 1.54) is 5.56 Å². The van der Waals surface area contributed by atoms with E-state index in [2.05, 4.69) is 12.2 Å². The van der Waals surface area contributed by atoms with E-state index in [1.54, 1.807) is 31.2 Å². The summed E-state index contributed by atoms with van der Waals surface area (Å²) in [6, 6.07) is 13.6. The lowest BCUT2D eigenvalue weighted by molar-refractivity contribution is -0.146. The normalized spacial score (nSPS) is 11.5. The predicted octanol–water partition coefficient (Wildman–Crippen LogP) is 3.64. The number of hydrogen-bond acceptors (Lipinski definition) is 4. The molecule has 0 heterocycles. The Hall–Kier alpha value is -2.53. The molecule has 1 N–H and O–H groups in total. The highest BCUT2D eigenvalue weighted by Crippen LogP contribution is 2.15. The number of amides is 1. The average Bonchev–Trinajstić information content (AvgIpc) is 2.65. The van der Waals surface area contributed by atoms with E-state index in [1.807, 2.05) is 24.3 Å². The molecule has 6 heteroatoms. The van der Waals surface area contributed by atoms with Crippen molar-refractivity contribution in [3.05, 3.63) is 64.7 Å². The van der Waals surface area contributed by atoms with Gasteiger partial charge in [-0.3, -0.25) is 4.79 Å². The molecule has 1 amide bonds. The van der Waals surface area contributed by atoms with E-state index >= 15 is 0 Å². The maximum atomic E-state index is 12.1. The van der Waals surface area contributed by atoms with E-state index in [4.69, 9.17) is 21.1 Å². The average molecular weight is 376 g/mol. The highest BCUT2D eigenvalue weighted by Gasteiger charge is 2.19. The van der Waals surface area contributed by atoms with Gasteiger partial charge in [0.15, 0.2) is 0 Å². The van der Waals surface area contributed by atoms with Gasteiger partial charge in [0.2, 0.25) is 0 Å². The fourth-order valence-electron chi connectivity index (χ4n) is 2.26. The summed E-state index contributed by atoms with van der Waals surface area (Å²) in [6.07, 6.45) is 0.925. The van der Waals surface area contributed by atoms with Crippen LogP contribution < -0.4 is 10.1 Å². The number of halogens is 1. The van der Waals surface area contributed by atoms with Crippen LogP contribution in [0.2, 0.25) is 5.02 Å². The molecular weight excluding hydrogens is 354 g/mol. The maximum Gasteiger partial charge on any atom is 0.328 e. The van der Waals surface area contributed by atoms with Gasteiger partial charge in [-0.05, 0) is 43.2 Å². The SMILES string of the molecule is CCc1cccc(OCCOC(=O)C(C)NC(=O)c2ccccc2Cl)c1. The number of esters is 1. The molecule has 2 aromatic rings. The van der Waals surface area contributed by atoms with Crippen molar-refractivity contribution in [2.45, 2.75) is 26.3 Å². The lowest BCUT2D eigenvalue weighted by Crippen LogP contribution is -2.40. The smallest absolute Gasteiger partial charge is 0.328 e. The number of carbonyl (C=O) groups excluding carboxylic acids is 2. The first-order chi connectivity index (χ1) is 12.5. The maximum absolute atomic E-state index is 12.1. The minimum absolute atomic E-state index is 0.0987. The van der Waals surface area contributed by atoms with Crippen molar-refractivity contribution in [1.29, 1.82) is 0 Å². The van der Waals surface area contributed by atoms with Crippen molar-refractivity contribution in [3.8, 4) is 5.75 Å². The molecule has 0 bridgehead atoms. The van der Waals surface area contributed by atoms with Gasteiger partial charge in [0.05, 0.1) is 10.6 Å². The zero-order valence-electron chi connectivity index (χ0n) is 14.8. The molecule has 0 spiro atoms. The standard InChI is InChI=1S/C20H22ClNO4/c1-3-15-7-6-8-16(13-15)25-11-12-26-20(24)14(2)22-19(23)17-9-4-5-10-18(17)21/h4-10,13-14H,3,11-12H2,1-2H3,(H,22,23). The van der Waals surface area contributed by atoms with E-state index in [9.17, 15) is 9.59 Å². The lowest BCUT2D eigenvalue weighted by atomic mass is 10.2. The van der Waals surface area contributed by atoms with E-state index in [-0.39, 0.29) is 13.2 Å². The van der Waals surface area contributed by atoms with Crippen LogP contribution in [-0.4, -0.2) is 31.1 Å². The molecule has 1 atom stereocenters. The van der Waals surface area contributed by atoms with Crippen LogP contribution >= 0.6 is 11.6 Å². The van der Waals surface area contributed by atoms with Crippen molar-refractivity contribution in [2.24, 2.45) is 0 Å². The van der Waals surface area contributed by atoms with E-state index in [0.717, 1.165) is 12.2 Å². The molecule has 0 radical (unpaired) electrons. The number of ether oxygens (including phenoxy) is 2. The van der Waals surface area contributed by atoms with Crippen molar-refractivity contribution in [1.82, 2.24) is 5.32 Å². The van der Waals surface area contributed by atoms with Crippen LogP contribution in [0, 0.1) is 0 Å². The summed E-state index contributed by atoms with van der Waals surface area (Å²) in [5.74, 6) is -0.218. The van der Waals surface area contributed by atoms with Gasteiger partial charge >= 0.3 is 5.97 Å². The largest absolute Gasteiger partial charge is 0.490 e. The van der Waals surface area contributed by atoms with Gasteiger partial charge < -0.3 is 14.8 Å². The zero-order chi connectivity index (χ0) is 18.9. The Morgan fingerprint density at radius 1 is 1.12 bits per heavy atom. The van der Waals surface area contributed by atoms with Gasteiger partial charge in [0.1, 0.15) is 25.0 Å². The molecule has 26 heavy (non-hydrogen) atoms.